The zero-order valence-corrected chi connectivity index (χ0v) is 10.5. The second kappa shape index (κ2) is 6.76. The molecule has 5 heteroatoms. The van der Waals surface area contributed by atoms with Crippen molar-refractivity contribution in [3.63, 3.8) is 0 Å². The van der Waals surface area contributed by atoms with E-state index in [4.69, 9.17) is 9.47 Å². The van der Waals surface area contributed by atoms with Gasteiger partial charge in [-0.1, -0.05) is 6.07 Å². The van der Waals surface area contributed by atoms with Crippen molar-refractivity contribution < 1.29 is 9.47 Å². The van der Waals surface area contributed by atoms with Crippen LogP contribution in [0.4, 0.5) is 5.82 Å². The zero-order valence-electron chi connectivity index (χ0n) is 8.87. The summed E-state index contributed by atoms with van der Waals surface area (Å²) in [5.41, 5.74) is 0. The Morgan fingerprint density at radius 2 is 2.27 bits per heavy atom. The minimum Gasteiger partial charge on any atom is -0.382 e. The molecule has 0 saturated heterocycles. The Labute approximate surface area is 98.1 Å². The van der Waals surface area contributed by atoms with Gasteiger partial charge in [0, 0.05) is 20.8 Å². The molecule has 0 aliphatic heterocycles. The van der Waals surface area contributed by atoms with Crippen molar-refractivity contribution in [2.24, 2.45) is 0 Å². The minimum absolute atomic E-state index is 0.0378. The van der Waals surface area contributed by atoms with Crippen LogP contribution in [0, 0.1) is 0 Å². The number of anilines is 1. The highest BCUT2D eigenvalue weighted by Crippen LogP contribution is 2.10. The smallest absolute Gasteiger partial charge is 0.127 e. The van der Waals surface area contributed by atoms with E-state index >= 15 is 0 Å². The summed E-state index contributed by atoms with van der Waals surface area (Å²) in [6.45, 7) is 1.24. The molecule has 0 fully saturated rings. The van der Waals surface area contributed by atoms with Gasteiger partial charge in [0.1, 0.15) is 10.4 Å². The number of nitrogens with one attached hydrogen (secondary N) is 1. The molecule has 1 heterocycles. The van der Waals surface area contributed by atoms with Gasteiger partial charge in [-0.15, -0.1) is 0 Å². The molecule has 1 N–H and O–H groups in total. The van der Waals surface area contributed by atoms with Crippen molar-refractivity contribution in [3.8, 4) is 0 Å². The summed E-state index contributed by atoms with van der Waals surface area (Å²) in [7, 11) is 3.32. The highest BCUT2D eigenvalue weighted by Gasteiger charge is 2.06. The molecular weight excluding hydrogens is 260 g/mol. The Kier molecular flexibility index (Phi) is 5.60. The summed E-state index contributed by atoms with van der Waals surface area (Å²) >= 11 is 3.31. The third-order valence-electron chi connectivity index (χ3n) is 1.91. The van der Waals surface area contributed by atoms with Gasteiger partial charge in [-0.25, -0.2) is 4.98 Å². The van der Waals surface area contributed by atoms with E-state index in [1.165, 1.54) is 0 Å². The van der Waals surface area contributed by atoms with E-state index in [0.29, 0.717) is 13.2 Å². The maximum Gasteiger partial charge on any atom is 0.127 e. The lowest BCUT2D eigenvalue weighted by atomic mass is 10.3. The average Bonchev–Trinajstić information content (AvgIpc) is 2.24. The van der Waals surface area contributed by atoms with Crippen molar-refractivity contribution in [3.05, 3.63) is 22.8 Å². The van der Waals surface area contributed by atoms with Crippen LogP contribution in [0.15, 0.2) is 22.8 Å². The molecule has 1 atom stereocenters. The van der Waals surface area contributed by atoms with Gasteiger partial charge in [0.15, 0.2) is 0 Å². The minimum atomic E-state index is 0.0378. The molecule has 1 aromatic rings. The molecule has 1 rings (SSSR count). The second-order valence-electron chi connectivity index (χ2n) is 3.04. The van der Waals surface area contributed by atoms with E-state index in [0.717, 1.165) is 10.4 Å². The van der Waals surface area contributed by atoms with Gasteiger partial charge in [0.05, 0.1) is 12.7 Å². The van der Waals surface area contributed by atoms with Crippen molar-refractivity contribution >= 4 is 21.7 Å². The molecule has 0 saturated carbocycles. The molecule has 0 bridgehead atoms. The van der Waals surface area contributed by atoms with Gasteiger partial charge in [-0.2, -0.15) is 0 Å². The Bertz CT molecular complexity index is 297. The SMILES string of the molecule is COCC(CNc1cccc(Br)n1)OC. The molecule has 0 radical (unpaired) electrons. The van der Waals surface area contributed by atoms with Crippen molar-refractivity contribution in [2.75, 3.05) is 32.7 Å². The number of nitrogens with zero attached hydrogens (tertiary/aromatic N) is 1. The van der Waals surface area contributed by atoms with Crippen LogP contribution in [0.1, 0.15) is 0 Å². The first-order valence-electron chi connectivity index (χ1n) is 4.64. The van der Waals surface area contributed by atoms with Crippen LogP contribution in [-0.2, 0) is 9.47 Å². The first-order valence-corrected chi connectivity index (χ1v) is 5.43. The zero-order chi connectivity index (χ0) is 11.1. The lowest BCUT2D eigenvalue weighted by molar-refractivity contribution is 0.0365. The number of pyridine rings is 1. The molecule has 15 heavy (non-hydrogen) atoms. The first kappa shape index (κ1) is 12.4. The van der Waals surface area contributed by atoms with Gasteiger partial charge in [-0.3, -0.25) is 0 Å². The molecule has 0 aromatic carbocycles. The molecule has 0 aliphatic carbocycles. The Morgan fingerprint density at radius 1 is 1.47 bits per heavy atom. The first-order chi connectivity index (χ1) is 7.26. The van der Waals surface area contributed by atoms with Crippen LogP contribution in [0.5, 0.6) is 0 Å². The van der Waals surface area contributed by atoms with E-state index in [9.17, 15) is 0 Å². The summed E-state index contributed by atoms with van der Waals surface area (Å²) < 4.78 is 11.0. The van der Waals surface area contributed by atoms with Crippen LogP contribution in [-0.4, -0.2) is 38.5 Å². The molecular formula is C10H15BrN2O2. The molecule has 0 amide bonds. The van der Waals surface area contributed by atoms with Crippen LogP contribution >= 0.6 is 15.9 Å². The number of hydrogen-bond acceptors (Lipinski definition) is 4. The van der Waals surface area contributed by atoms with Crippen LogP contribution in [0.3, 0.4) is 0 Å². The number of halogens is 1. The summed E-state index contributed by atoms with van der Waals surface area (Å²) in [6, 6.07) is 5.72. The van der Waals surface area contributed by atoms with E-state index in [1.54, 1.807) is 14.2 Å². The quantitative estimate of drug-likeness (QED) is 0.805. The second-order valence-corrected chi connectivity index (χ2v) is 3.85. The number of hydrogen-bond donors (Lipinski definition) is 1. The van der Waals surface area contributed by atoms with E-state index in [2.05, 4.69) is 26.2 Å². The third kappa shape index (κ3) is 4.59. The average molecular weight is 275 g/mol. The standard InChI is InChI=1S/C10H15BrN2O2/c1-14-7-8(15-2)6-12-10-5-3-4-9(11)13-10/h3-5,8H,6-7H2,1-2H3,(H,12,13). The van der Waals surface area contributed by atoms with Gasteiger partial charge >= 0.3 is 0 Å². The number of methoxy groups -OCH3 is 2. The Balaban J connectivity index is 2.41. The van der Waals surface area contributed by atoms with Crippen molar-refractivity contribution in [2.45, 2.75) is 6.10 Å². The summed E-state index contributed by atoms with van der Waals surface area (Å²) in [5, 5.41) is 3.18. The lowest BCUT2D eigenvalue weighted by Crippen LogP contribution is -2.26. The van der Waals surface area contributed by atoms with Crippen LogP contribution in [0.25, 0.3) is 0 Å². The van der Waals surface area contributed by atoms with Crippen molar-refractivity contribution in [1.82, 2.24) is 4.98 Å². The van der Waals surface area contributed by atoms with E-state index in [-0.39, 0.29) is 6.10 Å². The van der Waals surface area contributed by atoms with Gasteiger partial charge in [-0.05, 0) is 28.1 Å². The predicted octanol–water partition coefficient (Wildman–Crippen LogP) is 1.92. The molecule has 1 aromatic heterocycles. The fourth-order valence-electron chi connectivity index (χ4n) is 1.12. The topological polar surface area (TPSA) is 43.4 Å². The Hall–Kier alpha value is -0.650. The molecule has 0 aliphatic rings. The molecule has 1 unspecified atom stereocenters. The largest absolute Gasteiger partial charge is 0.382 e. The highest BCUT2D eigenvalue weighted by atomic mass is 79.9. The fourth-order valence-corrected chi connectivity index (χ4v) is 1.46. The maximum absolute atomic E-state index is 5.22. The number of ether oxygens (including phenoxy) is 2. The van der Waals surface area contributed by atoms with Crippen LogP contribution in [0.2, 0.25) is 0 Å². The summed E-state index contributed by atoms with van der Waals surface area (Å²) in [6.07, 6.45) is 0.0378. The normalized spacial score (nSPS) is 12.5. The fraction of sp³-hybridized carbons (Fsp3) is 0.500. The van der Waals surface area contributed by atoms with Gasteiger partial charge in [0.2, 0.25) is 0 Å². The molecule has 84 valence electrons. The maximum atomic E-state index is 5.22. The molecule has 4 nitrogen and oxygen atoms in total. The van der Waals surface area contributed by atoms with Gasteiger partial charge < -0.3 is 14.8 Å². The predicted molar refractivity (Wildman–Crippen MR) is 63.1 cm³/mol. The third-order valence-corrected chi connectivity index (χ3v) is 2.35. The summed E-state index contributed by atoms with van der Waals surface area (Å²) in [4.78, 5) is 4.25. The van der Waals surface area contributed by atoms with Crippen molar-refractivity contribution in [1.29, 1.82) is 0 Å². The summed E-state index contributed by atoms with van der Waals surface area (Å²) in [5.74, 6) is 0.822. The van der Waals surface area contributed by atoms with E-state index in [1.807, 2.05) is 18.2 Å². The number of aromatic nitrogens is 1. The van der Waals surface area contributed by atoms with Crippen LogP contribution < -0.4 is 5.32 Å². The van der Waals surface area contributed by atoms with E-state index < -0.39 is 0 Å². The lowest BCUT2D eigenvalue weighted by Gasteiger charge is -2.15. The number of rotatable bonds is 6. The molecule has 0 spiro atoms. The van der Waals surface area contributed by atoms with Gasteiger partial charge in [0.25, 0.3) is 0 Å². The Morgan fingerprint density at radius 3 is 2.87 bits per heavy atom. The monoisotopic (exact) mass is 274 g/mol. The highest BCUT2D eigenvalue weighted by molar-refractivity contribution is 9.10.